The van der Waals surface area contributed by atoms with Gasteiger partial charge >= 0.3 is 11.9 Å². The van der Waals surface area contributed by atoms with E-state index in [2.05, 4.69) is 30.5 Å². The highest BCUT2D eigenvalue weighted by Gasteiger charge is 2.65. The topological polar surface area (TPSA) is 149 Å². The molecule has 1 aromatic rings. The van der Waals surface area contributed by atoms with E-state index in [1.165, 1.54) is 25.7 Å². The predicted octanol–water partition coefficient (Wildman–Crippen LogP) is 1.83. The van der Waals surface area contributed by atoms with Crippen LogP contribution in [0.25, 0.3) is 0 Å². The molecule has 13 nitrogen and oxygen atoms in total. The molecule has 7 heterocycles. The van der Waals surface area contributed by atoms with Crippen molar-refractivity contribution in [2.45, 2.75) is 112 Å². The molecule has 2 spiro atoms. The van der Waals surface area contributed by atoms with E-state index in [4.69, 9.17) is 20.1 Å². The zero-order valence-electron chi connectivity index (χ0n) is 26.1. The summed E-state index contributed by atoms with van der Waals surface area (Å²) < 4.78 is 19.9. The van der Waals surface area contributed by atoms with Gasteiger partial charge in [0.15, 0.2) is 11.2 Å². The van der Waals surface area contributed by atoms with E-state index in [0.29, 0.717) is 11.7 Å². The standard InChI is InChI=1S/C33H42N8O5/c34-36-23(16-35-15-20-9-21-11-30(42)45-32(21)13-26(20)39-7-3-1-5-28(32)39)18-44-19-24-17-41(38-37-24)25-10-22-12-31(43)46-33(22)14-27(25)40-8-4-2-6-29(33)40/h11-12,15-17,20,25-29,36H,1-10,13-14,18-19,34H2/b23-16-,35-15-/t20?,25-,26+,27+,28-,29-,32+,33+/m1/s1. The number of hydrogen-bond acceptors (Lipinski definition) is 12. The zero-order chi connectivity index (χ0) is 31.0. The number of piperidine rings is 2. The van der Waals surface area contributed by atoms with Gasteiger partial charge in [-0.3, -0.25) is 20.6 Å². The zero-order valence-corrected chi connectivity index (χ0v) is 26.1. The first-order valence-corrected chi connectivity index (χ1v) is 17.0. The number of aliphatic imine (C=N–C) groups is 1. The molecule has 0 aromatic carbocycles. The number of carbonyl (C=O) groups is 2. The van der Waals surface area contributed by atoms with Crippen molar-refractivity contribution in [3.63, 3.8) is 0 Å². The summed E-state index contributed by atoms with van der Waals surface area (Å²) >= 11 is 0. The second-order valence-electron chi connectivity index (χ2n) is 14.4. The summed E-state index contributed by atoms with van der Waals surface area (Å²) in [5, 5.41) is 8.92. The van der Waals surface area contributed by atoms with Gasteiger partial charge < -0.3 is 19.6 Å². The first-order chi connectivity index (χ1) is 22.5. The summed E-state index contributed by atoms with van der Waals surface area (Å²) in [4.78, 5) is 34.5. The highest BCUT2D eigenvalue weighted by atomic mass is 16.6. The lowest BCUT2D eigenvalue weighted by molar-refractivity contribution is -0.149. The summed E-state index contributed by atoms with van der Waals surface area (Å²) in [5.74, 6) is 5.63. The Morgan fingerprint density at radius 2 is 1.65 bits per heavy atom. The number of aromatic nitrogens is 3. The number of carbonyl (C=O) groups excluding carboxylic acids is 2. The van der Waals surface area contributed by atoms with E-state index < -0.39 is 11.2 Å². The third-order valence-corrected chi connectivity index (χ3v) is 12.2. The van der Waals surface area contributed by atoms with E-state index in [9.17, 15) is 9.59 Å². The highest BCUT2D eigenvalue weighted by Crippen LogP contribution is 2.57. The first kappa shape index (κ1) is 28.8. The molecule has 6 aliphatic heterocycles. The summed E-state index contributed by atoms with van der Waals surface area (Å²) in [7, 11) is 0. The molecule has 13 heteroatoms. The first-order valence-electron chi connectivity index (χ1n) is 17.0. The van der Waals surface area contributed by atoms with Crippen LogP contribution in [-0.4, -0.2) is 98.0 Å². The van der Waals surface area contributed by atoms with Crippen LogP contribution in [0.3, 0.4) is 0 Å². The summed E-state index contributed by atoms with van der Waals surface area (Å²) in [5.41, 5.74) is 5.49. The van der Waals surface area contributed by atoms with Crippen LogP contribution in [0.1, 0.15) is 75.9 Å². The Morgan fingerprint density at radius 3 is 2.37 bits per heavy atom. The number of hydrazine groups is 1. The summed E-state index contributed by atoms with van der Waals surface area (Å²) in [6, 6.07) is 1.24. The molecule has 8 aliphatic rings. The Hall–Kier alpha value is -3.39. The van der Waals surface area contributed by atoms with Gasteiger partial charge in [-0.1, -0.05) is 18.1 Å². The van der Waals surface area contributed by atoms with Crippen molar-refractivity contribution in [1.82, 2.24) is 30.2 Å². The van der Waals surface area contributed by atoms with Crippen LogP contribution >= 0.6 is 0 Å². The van der Waals surface area contributed by atoms with Gasteiger partial charge in [0, 0.05) is 55.4 Å². The Kier molecular flexibility index (Phi) is 6.78. The average molecular weight is 631 g/mol. The van der Waals surface area contributed by atoms with Crippen molar-refractivity contribution in [3.8, 4) is 0 Å². The molecule has 3 N–H and O–H groups in total. The third-order valence-electron chi connectivity index (χ3n) is 12.2. The van der Waals surface area contributed by atoms with E-state index in [1.807, 2.05) is 17.1 Å². The van der Waals surface area contributed by atoms with Crippen LogP contribution in [0.5, 0.6) is 0 Å². The molecule has 1 aromatic heterocycles. The molecule has 46 heavy (non-hydrogen) atoms. The fraction of sp³-hybridized carbons (Fsp3) is 0.667. The Bertz CT molecular complexity index is 1570. The molecular formula is C33H42N8O5. The number of rotatable bonds is 8. The molecule has 0 radical (unpaired) electrons. The van der Waals surface area contributed by atoms with Gasteiger partial charge in [0.05, 0.1) is 43.2 Å². The van der Waals surface area contributed by atoms with Crippen LogP contribution in [0.2, 0.25) is 0 Å². The van der Waals surface area contributed by atoms with Crippen molar-refractivity contribution >= 4 is 18.2 Å². The van der Waals surface area contributed by atoms with Crippen molar-refractivity contribution < 1.29 is 23.8 Å². The smallest absolute Gasteiger partial charge is 0.331 e. The van der Waals surface area contributed by atoms with Crippen molar-refractivity contribution in [1.29, 1.82) is 0 Å². The van der Waals surface area contributed by atoms with Crippen LogP contribution in [-0.2, 0) is 30.4 Å². The van der Waals surface area contributed by atoms with Gasteiger partial charge in [0.1, 0.15) is 5.69 Å². The molecule has 0 amide bonds. The number of esters is 2. The maximum Gasteiger partial charge on any atom is 0.331 e. The Balaban J connectivity index is 0.840. The predicted molar refractivity (Wildman–Crippen MR) is 165 cm³/mol. The molecule has 2 aliphatic carbocycles. The minimum absolute atomic E-state index is 0.100. The molecule has 1 unspecified atom stereocenters. The molecule has 2 saturated carbocycles. The van der Waals surface area contributed by atoms with Gasteiger partial charge in [0.2, 0.25) is 0 Å². The second kappa shape index (κ2) is 10.8. The molecule has 9 rings (SSSR count). The van der Waals surface area contributed by atoms with Crippen LogP contribution in [0.15, 0.2) is 46.4 Å². The molecular weight excluding hydrogens is 588 g/mol. The van der Waals surface area contributed by atoms with E-state index in [1.54, 1.807) is 18.4 Å². The second-order valence-corrected chi connectivity index (χ2v) is 14.4. The van der Waals surface area contributed by atoms with E-state index >= 15 is 0 Å². The minimum atomic E-state index is -0.443. The van der Waals surface area contributed by atoms with Gasteiger partial charge in [-0.15, -0.1) is 5.10 Å². The van der Waals surface area contributed by atoms with Gasteiger partial charge in [-0.25, -0.2) is 14.3 Å². The monoisotopic (exact) mass is 630 g/mol. The number of nitrogens with two attached hydrogens (primary N) is 1. The van der Waals surface area contributed by atoms with Gasteiger partial charge in [-0.05, 0) is 62.8 Å². The Labute approximate surface area is 267 Å². The third kappa shape index (κ3) is 4.31. The van der Waals surface area contributed by atoms with Crippen LogP contribution in [0, 0.1) is 5.92 Å². The maximum absolute atomic E-state index is 12.4. The quantitative estimate of drug-likeness (QED) is 0.188. The van der Waals surface area contributed by atoms with E-state index in [0.717, 1.165) is 68.5 Å². The van der Waals surface area contributed by atoms with Crippen molar-refractivity contribution in [3.05, 3.63) is 47.1 Å². The van der Waals surface area contributed by atoms with Crippen LogP contribution < -0.4 is 11.3 Å². The lowest BCUT2D eigenvalue weighted by Crippen LogP contribution is -2.48. The van der Waals surface area contributed by atoms with E-state index in [-0.39, 0.29) is 55.2 Å². The molecule has 6 fully saturated rings. The minimum Gasteiger partial charge on any atom is -0.450 e. The lowest BCUT2D eigenvalue weighted by Gasteiger charge is -2.38. The lowest BCUT2D eigenvalue weighted by atomic mass is 9.73. The van der Waals surface area contributed by atoms with Gasteiger partial charge in [-0.2, -0.15) is 0 Å². The molecule has 4 saturated heterocycles. The van der Waals surface area contributed by atoms with Gasteiger partial charge in [0.25, 0.3) is 0 Å². The summed E-state index contributed by atoms with van der Waals surface area (Å²) in [6.07, 6.45) is 19.2. The SMILES string of the molecule is NN/C(=C\N=C/C1CC2=CC(=O)O[C@@]23C[C@@H]1N1CCCC[C@@H]13)COCc1cn([C@@H]2CC3=CC(=O)O[C@@]34C[C@@H]2N2CCCC[C@@H]24)nn1. The highest BCUT2D eigenvalue weighted by molar-refractivity contribution is 5.88. The fourth-order valence-electron chi connectivity index (χ4n) is 10.4. The molecule has 8 atom stereocenters. The number of fused-ring (bicyclic) bond motifs is 6. The normalized spacial score (nSPS) is 39.8. The molecule has 4 bridgehead atoms. The molecule has 244 valence electrons. The number of nitrogens with one attached hydrogen (secondary N) is 1. The average Bonchev–Trinajstić information content (AvgIpc) is 3.86. The largest absolute Gasteiger partial charge is 0.450 e. The maximum atomic E-state index is 12.4. The number of ether oxygens (including phenoxy) is 3. The van der Waals surface area contributed by atoms with Crippen LogP contribution in [0.4, 0.5) is 0 Å². The Morgan fingerprint density at radius 1 is 0.978 bits per heavy atom. The number of hydrogen-bond donors (Lipinski definition) is 2. The fourth-order valence-corrected chi connectivity index (χ4v) is 10.4. The van der Waals surface area contributed by atoms with Crippen molar-refractivity contribution in [2.75, 3.05) is 19.7 Å². The number of nitrogens with zero attached hydrogens (tertiary/aromatic N) is 6. The summed E-state index contributed by atoms with van der Waals surface area (Å²) in [6.45, 7) is 2.60. The van der Waals surface area contributed by atoms with Crippen molar-refractivity contribution in [2.24, 2.45) is 16.8 Å².